The second-order valence-corrected chi connectivity index (χ2v) is 4.58. The summed E-state index contributed by atoms with van der Waals surface area (Å²) in [5.41, 5.74) is -0.728. The normalized spacial score (nSPS) is 24.1. The van der Waals surface area contributed by atoms with Crippen LogP contribution in [0.15, 0.2) is 12.1 Å². The Morgan fingerprint density at radius 3 is 2.81 bits per heavy atom. The van der Waals surface area contributed by atoms with Gasteiger partial charge < -0.3 is 4.74 Å². The summed E-state index contributed by atoms with van der Waals surface area (Å²) in [7, 11) is 1.53. The minimum Gasteiger partial charge on any atom is -0.497 e. The molecule has 1 aliphatic carbocycles. The van der Waals surface area contributed by atoms with Crippen molar-refractivity contribution in [2.24, 2.45) is 0 Å². The van der Waals surface area contributed by atoms with Gasteiger partial charge >= 0.3 is 0 Å². The number of fused-ring (bicyclic) bond motifs is 1. The number of Topliss-reactive ketones (excluding diaryl/α,β-unsaturated/α-hetero) is 1. The number of carbonyl (C=O) groups is 1. The molecular weight excluding hydrogens is 231 g/mol. The van der Waals surface area contributed by atoms with Crippen molar-refractivity contribution >= 4 is 17.4 Å². The Bertz CT molecular complexity index is 455. The molecule has 0 bridgehead atoms. The van der Waals surface area contributed by atoms with Crippen molar-refractivity contribution in [3.05, 3.63) is 28.3 Å². The van der Waals surface area contributed by atoms with Gasteiger partial charge in [-0.3, -0.25) is 4.79 Å². The molecule has 0 radical (unpaired) electrons. The fourth-order valence-electron chi connectivity index (χ4n) is 1.95. The van der Waals surface area contributed by atoms with Gasteiger partial charge in [0.25, 0.3) is 0 Å². The standard InChI is InChI=1S/C12H12ClFO2/c1-12(14)4-3-7-5-8(16-2)6-9(13)10(7)11(12)15/h5-6H,3-4H2,1-2H3. The summed E-state index contributed by atoms with van der Waals surface area (Å²) in [5, 5.41) is 0.267. The van der Waals surface area contributed by atoms with Crippen molar-refractivity contribution in [3.63, 3.8) is 0 Å². The summed E-state index contributed by atoms with van der Waals surface area (Å²) in [6, 6.07) is 3.29. The number of carbonyl (C=O) groups excluding carboxylic acids is 1. The van der Waals surface area contributed by atoms with Crippen LogP contribution >= 0.6 is 11.6 Å². The fourth-order valence-corrected chi connectivity index (χ4v) is 2.26. The van der Waals surface area contributed by atoms with Crippen molar-refractivity contribution in [1.29, 1.82) is 0 Å². The smallest absolute Gasteiger partial charge is 0.201 e. The lowest BCUT2D eigenvalue weighted by Gasteiger charge is -2.27. The first kappa shape index (κ1) is 11.4. The SMILES string of the molecule is COc1cc(Cl)c2c(c1)CCC(C)(F)C2=O. The van der Waals surface area contributed by atoms with E-state index in [1.165, 1.54) is 14.0 Å². The Kier molecular flexibility index (Phi) is 2.66. The largest absolute Gasteiger partial charge is 0.497 e. The van der Waals surface area contributed by atoms with Gasteiger partial charge in [-0.05, 0) is 37.5 Å². The molecule has 0 spiro atoms. The molecule has 0 aliphatic heterocycles. The summed E-state index contributed by atoms with van der Waals surface area (Å²) in [6.45, 7) is 1.30. The predicted molar refractivity (Wildman–Crippen MR) is 60.2 cm³/mol. The Labute approximate surface area is 98.4 Å². The van der Waals surface area contributed by atoms with E-state index < -0.39 is 11.5 Å². The van der Waals surface area contributed by atoms with Gasteiger partial charge in [0.1, 0.15) is 5.75 Å². The Morgan fingerprint density at radius 1 is 1.50 bits per heavy atom. The zero-order valence-corrected chi connectivity index (χ0v) is 9.90. The number of methoxy groups -OCH3 is 1. The van der Waals surface area contributed by atoms with E-state index >= 15 is 0 Å². The first-order chi connectivity index (χ1) is 7.45. The van der Waals surface area contributed by atoms with Crippen LogP contribution in [0.25, 0.3) is 0 Å². The van der Waals surface area contributed by atoms with Crippen LogP contribution in [0.1, 0.15) is 29.3 Å². The highest BCUT2D eigenvalue weighted by molar-refractivity contribution is 6.34. The fraction of sp³-hybridized carbons (Fsp3) is 0.417. The lowest BCUT2D eigenvalue weighted by molar-refractivity contribution is 0.0684. The third-order valence-electron chi connectivity index (χ3n) is 2.95. The Balaban J connectivity index is 2.57. The molecule has 1 aromatic carbocycles. The number of halogens is 2. The first-order valence-electron chi connectivity index (χ1n) is 5.06. The van der Waals surface area contributed by atoms with Gasteiger partial charge in [-0.2, -0.15) is 0 Å². The molecule has 0 aromatic heterocycles. The third kappa shape index (κ3) is 1.69. The quantitative estimate of drug-likeness (QED) is 0.756. The maximum Gasteiger partial charge on any atom is 0.201 e. The lowest BCUT2D eigenvalue weighted by Crippen LogP contribution is -2.35. The molecule has 1 unspecified atom stereocenters. The summed E-state index contributed by atoms with van der Waals surface area (Å²) in [5.74, 6) is 0.0698. The Hall–Kier alpha value is -1.09. The van der Waals surface area contributed by atoms with Gasteiger partial charge in [-0.15, -0.1) is 0 Å². The van der Waals surface area contributed by atoms with Gasteiger partial charge in [-0.1, -0.05) is 11.6 Å². The molecule has 2 nitrogen and oxygen atoms in total. The molecule has 16 heavy (non-hydrogen) atoms. The molecule has 0 fully saturated rings. The number of aryl methyl sites for hydroxylation is 1. The van der Waals surface area contributed by atoms with Crippen molar-refractivity contribution in [1.82, 2.24) is 0 Å². The summed E-state index contributed by atoms with van der Waals surface area (Å²) in [6.07, 6.45) is 0.702. The van der Waals surface area contributed by atoms with Crippen LogP contribution in [-0.2, 0) is 6.42 Å². The van der Waals surface area contributed by atoms with E-state index in [2.05, 4.69) is 0 Å². The number of benzene rings is 1. The van der Waals surface area contributed by atoms with E-state index in [-0.39, 0.29) is 11.4 Å². The van der Waals surface area contributed by atoms with Crippen LogP contribution in [0, 0.1) is 0 Å². The number of hydrogen-bond acceptors (Lipinski definition) is 2. The molecule has 2 rings (SSSR count). The predicted octanol–water partition coefficient (Wildman–Crippen LogP) is 3.21. The molecule has 1 aromatic rings. The van der Waals surface area contributed by atoms with Crippen LogP contribution in [0.4, 0.5) is 4.39 Å². The van der Waals surface area contributed by atoms with Gasteiger partial charge in [0, 0.05) is 5.56 Å². The number of rotatable bonds is 1. The van der Waals surface area contributed by atoms with E-state index in [9.17, 15) is 9.18 Å². The van der Waals surface area contributed by atoms with E-state index in [1.54, 1.807) is 12.1 Å². The first-order valence-corrected chi connectivity index (χ1v) is 5.43. The minimum atomic E-state index is -1.80. The van der Waals surface area contributed by atoms with E-state index in [4.69, 9.17) is 16.3 Å². The molecule has 0 N–H and O–H groups in total. The van der Waals surface area contributed by atoms with Crippen LogP contribution in [0.3, 0.4) is 0 Å². The monoisotopic (exact) mass is 242 g/mol. The van der Waals surface area contributed by atoms with Crippen LogP contribution in [0.5, 0.6) is 5.75 Å². The molecule has 1 aliphatic rings. The molecule has 1 atom stereocenters. The Morgan fingerprint density at radius 2 is 2.19 bits per heavy atom. The zero-order valence-electron chi connectivity index (χ0n) is 9.14. The highest BCUT2D eigenvalue weighted by Crippen LogP contribution is 2.37. The topological polar surface area (TPSA) is 26.3 Å². The van der Waals surface area contributed by atoms with E-state index in [0.29, 0.717) is 17.7 Å². The lowest BCUT2D eigenvalue weighted by atomic mass is 9.81. The highest BCUT2D eigenvalue weighted by atomic mass is 35.5. The van der Waals surface area contributed by atoms with Gasteiger partial charge in [0.2, 0.25) is 5.78 Å². The second-order valence-electron chi connectivity index (χ2n) is 4.17. The molecule has 86 valence electrons. The summed E-state index contributed by atoms with van der Waals surface area (Å²) < 4.78 is 18.9. The average molecular weight is 243 g/mol. The minimum absolute atomic E-state index is 0.197. The van der Waals surface area contributed by atoms with Gasteiger partial charge in [0.15, 0.2) is 5.67 Å². The number of alkyl halides is 1. The number of ketones is 1. The maximum atomic E-state index is 13.9. The third-order valence-corrected chi connectivity index (χ3v) is 3.24. The number of ether oxygens (including phenoxy) is 1. The molecule has 4 heteroatoms. The molecule has 0 heterocycles. The number of hydrogen-bond donors (Lipinski definition) is 0. The summed E-state index contributed by atoms with van der Waals surface area (Å²) >= 11 is 5.98. The van der Waals surface area contributed by atoms with Gasteiger partial charge in [0.05, 0.1) is 12.1 Å². The van der Waals surface area contributed by atoms with Crippen molar-refractivity contribution in [3.8, 4) is 5.75 Å². The zero-order chi connectivity index (χ0) is 11.9. The second kappa shape index (κ2) is 3.74. The summed E-state index contributed by atoms with van der Waals surface area (Å²) in [4.78, 5) is 11.9. The van der Waals surface area contributed by atoms with E-state index in [1.807, 2.05) is 0 Å². The molecule has 0 saturated heterocycles. The van der Waals surface area contributed by atoms with Crippen LogP contribution in [-0.4, -0.2) is 18.6 Å². The molecule has 0 amide bonds. The maximum absolute atomic E-state index is 13.9. The van der Waals surface area contributed by atoms with Gasteiger partial charge in [-0.25, -0.2) is 4.39 Å². The highest BCUT2D eigenvalue weighted by Gasteiger charge is 2.39. The van der Waals surface area contributed by atoms with Crippen LogP contribution in [0.2, 0.25) is 5.02 Å². The molecule has 0 saturated carbocycles. The average Bonchev–Trinajstić information content (AvgIpc) is 2.23. The van der Waals surface area contributed by atoms with Crippen molar-refractivity contribution < 1.29 is 13.9 Å². The van der Waals surface area contributed by atoms with E-state index in [0.717, 1.165) is 5.56 Å². The van der Waals surface area contributed by atoms with Crippen LogP contribution < -0.4 is 4.74 Å². The van der Waals surface area contributed by atoms with Crippen molar-refractivity contribution in [2.45, 2.75) is 25.4 Å². The molecular formula is C12H12ClFO2. The van der Waals surface area contributed by atoms with Crippen molar-refractivity contribution in [2.75, 3.05) is 7.11 Å².